The van der Waals surface area contributed by atoms with Crippen LogP contribution in [0, 0.1) is 10.1 Å². The third-order valence-electron chi connectivity index (χ3n) is 1.71. The van der Waals surface area contributed by atoms with Crippen molar-refractivity contribution in [1.29, 1.82) is 0 Å². The minimum atomic E-state index is -4.03. The van der Waals surface area contributed by atoms with E-state index in [0.717, 1.165) is 24.3 Å². The summed E-state index contributed by atoms with van der Waals surface area (Å²) in [4.78, 5) is 21.1. The maximum atomic E-state index is 11.5. The monoisotopic (exact) mass is 273 g/mol. The largest absolute Gasteiger partial charge is 0.477 e. The third-order valence-corrected chi connectivity index (χ3v) is 2.94. The number of benzene rings is 1. The van der Waals surface area contributed by atoms with E-state index in [-0.39, 0.29) is 10.6 Å². The van der Waals surface area contributed by atoms with Gasteiger partial charge in [0.25, 0.3) is 15.7 Å². The fourth-order valence-corrected chi connectivity index (χ4v) is 1.74. The summed E-state index contributed by atoms with van der Waals surface area (Å²) < 4.78 is 23.0. The molecule has 0 amide bonds. The Morgan fingerprint density at radius 3 is 2.39 bits per heavy atom. The Balaban J connectivity index is 2.92. The second kappa shape index (κ2) is 5.23. The van der Waals surface area contributed by atoms with Crippen LogP contribution < -0.4 is 4.83 Å². The molecule has 9 nitrogen and oxygen atoms in total. The van der Waals surface area contributed by atoms with Crippen molar-refractivity contribution < 1.29 is 23.2 Å². The number of nitrogens with zero attached hydrogens (tertiary/aromatic N) is 2. The molecule has 0 bridgehead atoms. The summed E-state index contributed by atoms with van der Waals surface area (Å²) in [5.41, 5.74) is -0.261. The van der Waals surface area contributed by atoms with Crippen LogP contribution >= 0.6 is 0 Å². The van der Waals surface area contributed by atoms with E-state index in [0.29, 0.717) is 6.21 Å². The summed E-state index contributed by atoms with van der Waals surface area (Å²) >= 11 is 0. The lowest BCUT2D eigenvalue weighted by molar-refractivity contribution is -0.384. The Labute approximate surface area is 101 Å². The molecule has 10 heteroatoms. The number of carboxylic acid groups (broad SMARTS) is 1. The summed E-state index contributed by atoms with van der Waals surface area (Å²) in [5.74, 6) is -1.42. The van der Waals surface area contributed by atoms with Gasteiger partial charge in [-0.1, -0.05) is 0 Å². The molecule has 0 saturated heterocycles. The minimum absolute atomic E-state index is 0.261. The van der Waals surface area contributed by atoms with Gasteiger partial charge in [-0.3, -0.25) is 10.1 Å². The molecular formula is C8H7N3O6S. The molecule has 1 aromatic rings. The molecule has 0 fully saturated rings. The maximum absolute atomic E-state index is 11.5. The van der Waals surface area contributed by atoms with Gasteiger partial charge in [-0.2, -0.15) is 18.4 Å². The third kappa shape index (κ3) is 3.52. The van der Waals surface area contributed by atoms with Crippen molar-refractivity contribution in [3.05, 3.63) is 34.4 Å². The van der Waals surface area contributed by atoms with Crippen LogP contribution in [0.2, 0.25) is 0 Å². The van der Waals surface area contributed by atoms with Gasteiger partial charge in [0.05, 0.1) is 9.82 Å². The zero-order valence-corrected chi connectivity index (χ0v) is 9.49. The van der Waals surface area contributed by atoms with E-state index in [1.54, 1.807) is 4.83 Å². The van der Waals surface area contributed by atoms with E-state index >= 15 is 0 Å². The number of sulfonamides is 1. The van der Waals surface area contributed by atoms with E-state index in [1.807, 2.05) is 0 Å². The average Bonchev–Trinajstić information content (AvgIpc) is 2.28. The first kappa shape index (κ1) is 13.6. The van der Waals surface area contributed by atoms with E-state index in [9.17, 15) is 23.3 Å². The second-order valence-corrected chi connectivity index (χ2v) is 4.60. The second-order valence-electron chi connectivity index (χ2n) is 2.94. The minimum Gasteiger partial charge on any atom is -0.477 e. The topological polar surface area (TPSA) is 139 Å². The number of nitrogens with one attached hydrogen (secondary N) is 1. The van der Waals surface area contributed by atoms with Crippen molar-refractivity contribution in [3.63, 3.8) is 0 Å². The van der Waals surface area contributed by atoms with Crippen LogP contribution in [0.15, 0.2) is 34.3 Å². The number of aliphatic carboxylic acids is 1. The van der Waals surface area contributed by atoms with Crippen molar-refractivity contribution in [1.82, 2.24) is 4.83 Å². The normalized spacial score (nSPS) is 11.3. The number of rotatable bonds is 5. The number of hydrogen-bond donors (Lipinski definition) is 2. The SMILES string of the molecule is O=C(O)C=NNS(=O)(=O)c1ccc([N+](=O)[O-])cc1. The standard InChI is InChI=1S/C8H7N3O6S/c12-8(13)5-9-10-18(16,17)7-3-1-6(2-4-7)11(14)15/h1-5,10H,(H,12,13). The molecule has 0 saturated carbocycles. The molecule has 0 aliphatic rings. The molecule has 1 aromatic carbocycles. The molecule has 0 aliphatic heterocycles. The Morgan fingerprint density at radius 1 is 1.39 bits per heavy atom. The molecule has 2 N–H and O–H groups in total. The molecule has 0 atom stereocenters. The molecule has 96 valence electrons. The Kier molecular flexibility index (Phi) is 3.94. The van der Waals surface area contributed by atoms with Gasteiger partial charge in [-0.15, -0.1) is 0 Å². The molecule has 0 heterocycles. The lowest BCUT2D eigenvalue weighted by atomic mass is 10.3. The predicted molar refractivity (Wildman–Crippen MR) is 59.5 cm³/mol. The lowest BCUT2D eigenvalue weighted by Gasteiger charge is -2.01. The van der Waals surface area contributed by atoms with Crippen LogP contribution in [-0.4, -0.2) is 30.6 Å². The van der Waals surface area contributed by atoms with Crippen LogP contribution in [-0.2, 0) is 14.8 Å². The van der Waals surface area contributed by atoms with E-state index < -0.39 is 20.9 Å². The molecule has 0 aliphatic carbocycles. The van der Waals surface area contributed by atoms with Crippen molar-refractivity contribution in [3.8, 4) is 0 Å². The summed E-state index contributed by atoms with van der Waals surface area (Å²) in [5, 5.41) is 21.6. The number of hydrazone groups is 1. The predicted octanol–water partition coefficient (Wildman–Crippen LogP) is -0.0565. The Hall–Kier alpha value is -2.49. The number of carboxylic acids is 1. The fraction of sp³-hybridized carbons (Fsp3) is 0. The van der Waals surface area contributed by atoms with E-state index in [1.165, 1.54) is 0 Å². The molecule has 18 heavy (non-hydrogen) atoms. The Morgan fingerprint density at radius 2 is 1.94 bits per heavy atom. The van der Waals surface area contributed by atoms with Gasteiger partial charge < -0.3 is 5.11 Å². The molecule has 0 unspecified atom stereocenters. The molecule has 1 rings (SSSR count). The van der Waals surface area contributed by atoms with Gasteiger partial charge in [0.15, 0.2) is 0 Å². The quantitative estimate of drug-likeness (QED) is 0.437. The van der Waals surface area contributed by atoms with Crippen LogP contribution in [0.4, 0.5) is 5.69 Å². The van der Waals surface area contributed by atoms with E-state index in [4.69, 9.17) is 5.11 Å². The first-order chi connectivity index (χ1) is 8.33. The zero-order chi connectivity index (χ0) is 13.8. The van der Waals surface area contributed by atoms with Gasteiger partial charge in [0.1, 0.15) is 6.21 Å². The fourth-order valence-electron chi connectivity index (χ4n) is 0.951. The molecular weight excluding hydrogens is 266 g/mol. The summed E-state index contributed by atoms with van der Waals surface area (Å²) in [6.45, 7) is 0. The molecule has 0 radical (unpaired) electrons. The van der Waals surface area contributed by atoms with Crippen molar-refractivity contribution in [2.75, 3.05) is 0 Å². The summed E-state index contributed by atoms with van der Waals surface area (Å²) in [7, 11) is -4.03. The highest BCUT2D eigenvalue weighted by Crippen LogP contribution is 2.15. The zero-order valence-electron chi connectivity index (χ0n) is 8.68. The van der Waals surface area contributed by atoms with Gasteiger partial charge in [0.2, 0.25) is 0 Å². The van der Waals surface area contributed by atoms with E-state index in [2.05, 4.69) is 5.10 Å². The Bertz CT molecular complexity index is 592. The lowest BCUT2D eigenvalue weighted by Crippen LogP contribution is -2.19. The average molecular weight is 273 g/mol. The molecule has 0 spiro atoms. The number of hydrogen-bond acceptors (Lipinski definition) is 6. The first-order valence-corrected chi connectivity index (χ1v) is 5.83. The van der Waals surface area contributed by atoms with Gasteiger partial charge in [-0.05, 0) is 12.1 Å². The van der Waals surface area contributed by atoms with Crippen molar-refractivity contribution >= 4 is 27.9 Å². The van der Waals surface area contributed by atoms with Gasteiger partial charge >= 0.3 is 5.97 Å². The van der Waals surface area contributed by atoms with Crippen LogP contribution in [0.5, 0.6) is 0 Å². The van der Waals surface area contributed by atoms with Crippen molar-refractivity contribution in [2.24, 2.45) is 5.10 Å². The maximum Gasteiger partial charge on any atom is 0.348 e. The molecule has 0 aromatic heterocycles. The number of non-ortho nitro benzene ring substituents is 1. The summed E-state index contributed by atoms with van der Waals surface area (Å²) in [6, 6.07) is 4.04. The first-order valence-electron chi connectivity index (χ1n) is 4.35. The highest BCUT2D eigenvalue weighted by molar-refractivity contribution is 7.89. The van der Waals surface area contributed by atoms with Crippen LogP contribution in [0.3, 0.4) is 0 Å². The number of nitro groups is 1. The highest BCUT2D eigenvalue weighted by atomic mass is 32.2. The van der Waals surface area contributed by atoms with Crippen LogP contribution in [0.25, 0.3) is 0 Å². The number of nitro benzene ring substituents is 1. The summed E-state index contributed by atoms with van der Waals surface area (Å²) in [6.07, 6.45) is 0.364. The van der Waals surface area contributed by atoms with Gasteiger partial charge in [0, 0.05) is 12.1 Å². The van der Waals surface area contributed by atoms with Gasteiger partial charge in [-0.25, -0.2) is 4.79 Å². The van der Waals surface area contributed by atoms with Crippen molar-refractivity contribution in [2.45, 2.75) is 4.90 Å². The van der Waals surface area contributed by atoms with Crippen LogP contribution in [0.1, 0.15) is 0 Å². The highest BCUT2D eigenvalue weighted by Gasteiger charge is 2.14. The number of carbonyl (C=O) groups is 1. The smallest absolute Gasteiger partial charge is 0.348 e.